The van der Waals surface area contributed by atoms with E-state index < -0.39 is 0 Å². The normalized spacial score (nSPS) is 23.4. The van der Waals surface area contributed by atoms with E-state index in [1.54, 1.807) is 0 Å². The number of nitrogens with two attached hydrogens (primary N) is 1. The summed E-state index contributed by atoms with van der Waals surface area (Å²) in [5, 5.41) is 2.92. The zero-order chi connectivity index (χ0) is 10.4. The molecular weight excluding hydrogens is 180 g/mol. The molecule has 0 aliphatic carbocycles. The minimum absolute atomic E-state index is 0.00215. The Morgan fingerprint density at radius 3 is 3.07 bits per heavy atom. The van der Waals surface area contributed by atoms with Crippen LogP contribution < -0.4 is 11.1 Å². The molecule has 1 rings (SSSR count). The van der Waals surface area contributed by atoms with Crippen LogP contribution in [0.5, 0.6) is 0 Å². The zero-order valence-electron chi connectivity index (χ0n) is 8.79. The summed E-state index contributed by atoms with van der Waals surface area (Å²) in [5.74, 6) is 0.0569. The Morgan fingerprint density at radius 1 is 1.71 bits per heavy atom. The van der Waals surface area contributed by atoms with Gasteiger partial charge in [-0.1, -0.05) is 13.3 Å². The lowest BCUT2D eigenvalue weighted by Gasteiger charge is -2.13. The lowest BCUT2D eigenvalue weighted by atomic mass is 10.1. The summed E-state index contributed by atoms with van der Waals surface area (Å²) in [4.78, 5) is 11.4. The van der Waals surface area contributed by atoms with Gasteiger partial charge in [0.1, 0.15) is 0 Å². The summed E-state index contributed by atoms with van der Waals surface area (Å²) in [6, 6.07) is 0.207. The van der Waals surface area contributed by atoms with Crippen molar-refractivity contribution in [3.8, 4) is 0 Å². The smallest absolute Gasteiger partial charge is 0.221 e. The molecule has 0 aromatic heterocycles. The highest BCUT2D eigenvalue weighted by Crippen LogP contribution is 2.04. The number of carbonyl (C=O) groups excluding carboxylic acids is 1. The number of carbonyl (C=O) groups is 1. The minimum Gasteiger partial charge on any atom is -0.379 e. The molecule has 14 heavy (non-hydrogen) atoms. The maximum Gasteiger partial charge on any atom is 0.221 e. The van der Waals surface area contributed by atoms with E-state index in [2.05, 4.69) is 12.2 Å². The Kier molecular flexibility index (Phi) is 4.90. The van der Waals surface area contributed by atoms with Gasteiger partial charge in [0, 0.05) is 19.1 Å². The summed E-state index contributed by atoms with van der Waals surface area (Å²) >= 11 is 0. The molecule has 4 heteroatoms. The summed E-state index contributed by atoms with van der Waals surface area (Å²) in [6.45, 7) is 3.48. The predicted molar refractivity (Wildman–Crippen MR) is 54.9 cm³/mol. The Balaban J connectivity index is 2.14. The van der Waals surface area contributed by atoms with Crippen molar-refractivity contribution in [3.05, 3.63) is 0 Å². The van der Waals surface area contributed by atoms with Crippen LogP contribution in [0.3, 0.4) is 0 Å². The Morgan fingerprint density at radius 2 is 2.50 bits per heavy atom. The topological polar surface area (TPSA) is 64.4 Å². The summed E-state index contributed by atoms with van der Waals surface area (Å²) in [6.07, 6.45) is 3.30. The van der Waals surface area contributed by atoms with Crippen LogP contribution in [0, 0.1) is 0 Å². The molecule has 2 unspecified atom stereocenters. The Hall–Kier alpha value is -0.610. The van der Waals surface area contributed by atoms with Gasteiger partial charge in [-0.15, -0.1) is 0 Å². The third-order valence-electron chi connectivity index (χ3n) is 2.40. The lowest BCUT2D eigenvalue weighted by molar-refractivity contribution is -0.122. The number of nitrogens with one attached hydrogen (secondary N) is 1. The first-order valence-corrected chi connectivity index (χ1v) is 5.35. The van der Waals surface area contributed by atoms with Gasteiger partial charge < -0.3 is 15.8 Å². The van der Waals surface area contributed by atoms with E-state index in [1.165, 1.54) is 0 Å². The fraction of sp³-hybridized carbons (Fsp3) is 0.900. The van der Waals surface area contributed by atoms with E-state index in [9.17, 15) is 4.79 Å². The fourth-order valence-corrected chi connectivity index (χ4v) is 1.65. The van der Waals surface area contributed by atoms with Gasteiger partial charge in [-0.05, 0) is 12.8 Å². The molecule has 1 aliphatic rings. The summed E-state index contributed by atoms with van der Waals surface area (Å²) < 4.78 is 5.16. The van der Waals surface area contributed by atoms with Crippen molar-refractivity contribution in [2.75, 3.05) is 13.2 Å². The van der Waals surface area contributed by atoms with E-state index in [4.69, 9.17) is 10.5 Å². The summed E-state index contributed by atoms with van der Waals surface area (Å²) in [5.41, 5.74) is 5.77. The molecule has 1 heterocycles. The van der Waals surface area contributed by atoms with Gasteiger partial charge in [0.25, 0.3) is 0 Å². The predicted octanol–water partition coefficient (Wildman–Crippen LogP) is 0.409. The number of hydrogen-bond acceptors (Lipinski definition) is 3. The molecule has 1 saturated heterocycles. The monoisotopic (exact) mass is 200 g/mol. The molecule has 1 aliphatic heterocycles. The lowest BCUT2D eigenvalue weighted by Crippen LogP contribution is -2.38. The summed E-state index contributed by atoms with van der Waals surface area (Å²) in [7, 11) is 0. The van der Waals surface area contributed by atoms with E-state index in [-0.39, 0.29) is 18.0 Å². The largest absolute Gasteiger partial charge is 0.379 e. The van der Waals surface area contributed by atoms with Gasteiger partial charge in [-0.3, -0.25) is 4.79 Å². The molecule has 0 spiro atoms. The molecule has 1 fully saturated rings. The highest BCUT2D eigenvalue weighted by atomic mass is 16.5. The standard InChI is InChI=1S/C10H20N2O2/c1-2-3-8(11)6-10(13)12-9-4-5-14-7-9/h8-9H,2-7,11H2,1H3,(H,12,13). The van der Waals surface area contributed by atoms with Crippen LogP contribution in [0.15, 0.2) is 0 Å². The third kappa shape index (κ3) is 4.07. The average Bonchev–Trinajstić information content (AvgIpc) is 2.56. The Bertz CT molecular complexity index is 179. The van der Waals surface area contributed by atoms with Gasteiger partial charge in [0.2, 0.25) is 5.91 Å². The maximum atomic E-state index is 11.4. The Labute approximate surface area is 85.2 Å². The van der Waals surface area contributed by atoms with Gasteiger partial charge in [-0.25, -0.2) is 0 Å². The van der Waals surface area contributed by atoms with Crippen LogP contribution in [0.25, 0.3) is 0 Å². The molecule has 0 bridgehead atoms. The maximum absolute atomic E-state index is 11.4. The molecule has 4 nitrogen and oxygen atoms in total. The molecule has 0 aromatic rings. The van der Waals surface area contributed by atoms with Crippen LogP contribution in [-0.4, -0.2) is 31.2 Å². The molecule has 0 saturated carbocycles. The fourth-order valence-electron chi connectivity index (χ4n) is 1.65. The van der Waals surface area contributed by atoms with Crippen molar-refractivity contribution in [1.29, 1.82) is 0 Å². The second kappa shape index (κ2) is 5.98. The first kappa shape index (κ1) is 11.5. The first-order chi connectivity index (χ1) is 6.72. The van der Waals surface area contributed by atoms with E-state index in [1.807, 2.05) is 0 Å². The van der Waals surface area contributed by atoms with Gasteiger partial charge >= 0.3 is 0 Å². The van der Waals surface area contributed by atoms with E-state index >= 15 is 0 Å². The van der Waals surface area contributed by atoms with Crippen LogP contribution in [-0.2, 0) is 9.53 Å². The zero-order valence-corrected chi connectivity index (χ0v) is 8.79. The number of amides is 1. The van der Waals surface area contributed by atoms with Crippen molar-refractivity contribution >= 4 is 5.91 Å². The average molecular weight is 200 g/mol. The van der Waals surface area contributed by atoms with Gasteiger partial charge in [0.05, 0.1) is 12.6 Å². The van der Waals surface area contributed by atoms with E-state index in [0.29, 0.717) is 13.0 Å². The molecular formula is C10H20N2O2. The van der Waals surface area contributed by atoms with Gasteiger partial charge in [0.15, 0.2) is 0 Å². The SMILES string of the molecule is CCCC(N)CC(=O)NC1CCOC1. The molecule has 2 atom stereocenters. The van der Waals surface area contributed by atoms with Crippen LogP contribution in [0.4, 0.5) is 0 Å². The van der Waals surface area contributed by atoms with Crippen molar-refractivity contribution in [3.63, 3.8) is 0 Å². The number of rotatable bonds is 5. The van der Waals surface area contributed by atoms with Crippen molar-refractivity contribution in [2.45, 2.75) is 44.7 Å². The van der Waals surface area contributed by atoms with Crippen LogP contribution >= 0.6 is 0 Å². The van der Waals surface area contributed by atoms with Crippen molar-refractivity contribution in [2.24, 2.45) is 5.73 Å². The van der Waals surface area contributed by atoms with Crippen LogP contribution in [0.2, 0.25) is 0 Å². The first-order valence-electron chi connectivity index (χ1n) is 5.35. The third-order valence-corrected chi connectivity index (χ3v) is 2.40. The van der Waals surface area contributed by atoms with Crippen molar-refractivity contribution < 1.29 is 9.53 Å². The van der Waals surface area contributed by atoms with E-state index in [0.717, 1.165) is 25.9 Å². The quantitative estimate of drug-likeness (QED) is 0.675. The number of ether oxygens (including phenoxy) is 1. The van der Waals surface area contributed by atoms with Crippen molar-refractivity contribution in [1.82, 2.24) is 5.32 Å². The number of hydrogen-bond donors (Lipinski definition) is 2. The second-order valence-corrected chi connectivity index (χ2v) is 3.88. The highest BCUT2D eigenvalue weighted by Gasteiger charge is 2.18. The molecule has 3 N–H and O–H groups in total. The van der Waals surface area contributed by atoms with Crippen LogP contribution in [0.1, 0.15) is 32.6 Å². The molecule has 0 radical (unpaired) electrons. The molecule has 1 amide bonds. The minimum atomic E-state index is 0.00215. The second-order valence-electron chi connectivity index (χ2n) is 3.88. The molecule has 82 valence electrons. The highest BCUT2D eigenvalue weighted by molar-refractivity contribution is 5.76. The molecule has 0 aromatic carbocycles. The van der Waals surface area contributed by atoms with Gasteiger partial charge in [-0.2, -0.15) is 0 Å².